The predicted octanol–water partition coefficient (Wildman–Crippen LogP) is 0.417. The number of carbonyl (C=O) groups is 1. The van der Waals surface area contributed by atoms with Crippen molar-refractivity contribution < 1.29 is 4.79 Å². The van der Waals surface area contributed by atoms with Crippen LogP contribution in [0.4, 0.5) is 0 Å². The van der Waals surface area contributed by atoms with E-state index in [2.05, 4.69) is 24.3 Å². The highest BCUT2D eigenvalue weighted by Crippen LogP contribution is 2.01. The Morgan fingerprint density at radius 2 is 2.08 bits per heavy atom. The molecule has 0 fully saturated rings. The van der Waals surface area contributed by atoms with Gasteiger partial charge in [-0.05, 0) is 14.1 Å². The van der Waals surface area contributed by atoms with Crippen molar-refractivity contribution in [2.75, 3.05) is 39.2 Å². The van der Waals surface area contributed by atoms with Crippen LogP contribution >= 0.6 is 11.8 Å². The Kier molecular flexibility index (Phi) is 7.29. The molecule has 0 saturated heterocycles. The molecule has 12 heavy (non-hydrogen) atoms. The maximum atomic E-state index is 10.8. The van der Waals surface area contributed by atoms with Gasteiger partial charge in [0.25, 0.3) is 0 Å². The zero-order valence-corrected chi connectivity index (χ0v) is 8.91. The van der Waals surface area contributed by atoms with E-state index >= 15 is 0 Å². The van der Waals surface area contributed by atoms with E-state index < -0.39 is 0 Å². The maximum absolute atomic E-state index is 10.8. The Morgan fingerprint density at radius 1 is 1.42 bits per heavy atom. The predicted molar refractivity (Wildman–Crippen MR) is 54.6 cm³/mol. The normalized spacial score (nSPS) is 10.3. The minimum Gasteiger partial charge on any atom is -0.359 e. The summed E-state index contributed by atoms with van der Waals surface area (Å²) in [4.78, 5) is 12.9. The molecule has 0 aliphatic carbocycles. The lowest BCUT2D eigenvalue weighted by Crippen LogP contribution is -2.19. The number of nitrogens with zero attached hydrogens (tertiary/aromatic N) is 1. The molecule has 0 radical (unpaired) electrons. The molecular weight excluding hydrogens is 172 g/mol. The summed E-state index contributed by atoms with van der Waals surface area (Å²) >= 11 is 1.82. The molecule has 0 aromatic rings. The lowest BCUT2D eigenvalue weighted by Gasteiger charge is -2.07. The van der Waals surface area contributed by atoms with Gasteiger partial charge in [-0.15, -0.1) is 0 Å². The van der Waals surface area contributed by atoms with Gasteiger partial charge in [-0.3, -0.25) is 4.79 Å². The second-order valence-electron chi connectivity index (χ2n) is 2.84. The highest BCUT2D eigenvalue weighted by Gasteiger charge is 1.97. The molecule has 1 amide bonds. The molecular formula is C8H18N2OS. The van der Waals surface area contributed by atoms with Gasteiger partial charge in [-0.1, -0.05) is 0 Å². The SMILES string of the molecule is CNC(=O)CCSCCN(C)C. The summed E-state index contributed by atoms with van der Waals surface area (Å²) in [5.74, 6) is 2.16. The van der Waals surface area contributed by atoms with E-state index in [1.54, 1.807) is 7.05 Å². The van der Waals surface area contributed by atoms with E-state index in [0.717, 1.165) is 18.1 Å². The summed E-state index contributed by atoms with van der Waals surface area (Å²) in [5.41, 5.74) is 0. The number of carbonyl (C=O) groups excluding carboxylic acids is 1. The number of hydrogen-bond donors (Lipinski definition) is 1. The highest BCUT2D eigenvalue weighted by molar-refractivity contribution is 7.99. The smallest absolute Gasteiger partial charge is 0.220 e. The summed E-state index contributed by atoms with van der Waals surface area (Å²) in [5, 5.41) is 2.60. The van der Waals surface area contributed by atoms with Crippen molar-refractivity contribution in [2.45, 2.75) is 6.42 Å². The Labute approximate surface area is 78.9 Å². The first kappa shape index (κ1) is 11.8. The van der Waals surface area contributed by atoms with Crippen LogP contribution in [-0.4, -0.2) is 50.0 Å². The second kappa shape index (κ2) is 7.43. The molecule has 4 heteroatoms. The van der Waals surface area contributed by atoms with Gasteiger partial charge in [0.05, 0.1) is 0 Å². The van der Waals surface area contributed by atoms with Crippen molar-refractivity contribution in [1.82, 2.24) is 10.2 Å². The number of hydrogen-bond acceptors (Lipinski definition) is 3. The Hall–Kier alpha value is -0.220. The third-order valence-electron chi connectivity index (χ3n) is 1.44. The largest absolute Gasteiger partial charge is 0.359 e. The van der Waals surface area contributed by atoms with Gasteiger partial charge >= 0.3 is 0 Å². The summed E-state index contributed by atoms with van der Waals surface area (Å²) < 4.78 is 0. The van der Waals surface area contributed by atoms with Gasteiger partial charge in [-0.25, -0.2) is 0 Å². The Balaban J connectivity index is 3.05. The molecule has 0 aromatic heterocycles. The minimum absolute atomic E-state index is 0.132. The van der Waals surface area contributed by atoms with Gasteiger partial charge in [0.1, 0.15) is 0 Å². The van der Waals surface area contributed by atoms with E-state index in [-0.39, 0.29) is 5.91 Å². The van der Waals surface area contributed by atoms with Gasteiger partial charge in [0, 0.05) is 31.5 Å². The Bertz CT molecular complexity index is 128. The van der Waals surface area contributed by atoms with Crippen LogP contribution in [0.25, 0.3) is 0 Å². The molecule has 0 aliphatic heterocycles. The van der Waals surface area contributed by atoms with Gasteiger partial charge in [0.15, 0.2) is 0 Å². The van der Waals surface area contributed by atoms with Crippen molar-refractivity contribution in [3.8, 4) is 0 Å². The third-order valence-corrected chi connectivity index (χ3v) is 2.40. The number of rotatable bonds is 6. The first-order valence-corrected chi connectivity index (χ1v) is 5.25. The lowest BCUT2D eigenvalue weighted by atomic mass is 10.5. The summed E-state index contributed by atoms with van der Waals surface area (Å²) in [6, 6.07) is 0. The summed E-state index contributed by atoms with van der Waals surface area (Å²) in [6.45, 7) is 1.08. The number of amides is 1. The van der Waals surface area contributed by atoms with Crippen molar-refractivity contribution in [3.63, 3.8) is 0 Å². The molecule has 0 bridgehead atoms. The number of thioether (sulfide) groups is 1. The van der Waals surface area contributed by atoms with Crippen molar-refractivity contribution in [3.05, 3.63) is 0 Å². The fourth-order valence-corrected chi connectivity index (χ4v) is 1.67. The van der Waals surface area contributed by atoms with E-state index in [4.69, 9.17) is 0 Å². The molecule has 3 nitrogen and oxygen atoms in total. The summed E-state index contributed by atoms with van der Waals surface area (Å²) in [6.07, 6.45) is 0.634. The first-order chi connectivity index (χ1) is 5.66. The third kappa shape index (κ3) is 7.88. The van der Waals surface area contributed by atoms with E-state index in [1.165, 1.54) is 0 Å². The summed E-state index contributed by atoms with van der Waals surface area (Å²) in [7, 11) is 5.78. The molecule has 0 heterocycles. The lowest BCUT2D eigenvalue weighted by molar-refractivity contribution is -0.120. The zero-order chi connectivity index (χ0) is 9.40. The zero-order valence-electron chi connectivity index (χ0n) is 8.09. The number of nitrogens with one attached hydrogen (secondary N) is 1. The molecule has 0 saturated carbocycles. The molecule has 0 spiro atoms. The first-order valence-electron chi connectivity index (χ1n) is 4.10. The van der Waals surface area contributed by atoms with Crippen LogP contribution in [0.15, 0.2) is 0 Å². The average Bonchev–Trinajstić information content (AvgIpc) is 2.03. The van der Waals surface area contributed by atoms with Gasteiger partial charge < -0.3 is 10.2 Å². The van der Waals surface area contributed by atoms with E-state index in [1.807, 2.05) is 11.8 Å². The standard InChI is InChI=1S/C8H18N2OS/c1-9-8(11)4-6-12-7-5-10(2)3/h4-7H2,1-3H3,(H,9,11). The monoisotopic (exact) mass is 190 g/mol. The topological polar surface area (TPSA) is 32.3 Å². The van der Waals surface area contributed by atoms with Crippen LogP contribution in [0.3, 0.4) is 0 Å². The average molecular weight is 190 g/mol. The highest BCUT2D eigenvalue weighted by atomic mass is 32.2. The molecule has 0 aromatic carbocycles. The van der Waals surface area contributed by atoms with Crippen LogP contribution in [0.5, 0.6) is 0 Å². The molecule has 72 valence electrons. The molecule has 0 aliphatic rings. The second-order valence-corrected chi connectivity index (χ2v) is 4.06. The van der Waals surface area contributed by atoms with Crippen LogP contribution in [0.1, 0.15) is 6.42 Å². The fourth-order valence-electron chi connectivity index (χ4n) is 0.639. The van der Waals surface area contributed by atoms with Crippen molar-refractivity contribution in [2.24, 2.45) is 0 Å². The fraction of sp³-hybridized carbons (Fsp3) is 0.875. The molecule has 0 unspecified atom stereocenters. The van der Waals surface area contributed by atoms with Crippen molar-refractivity contribution in [1.29, 1.82) is 0 Å². The maximum Gasteiger partial charge on any atom is 0.220 e. The van der Waals surface area contributed by atoms with Gasteiger partial charge in [-0.2, -0.15) is 11.8 Å². The van der Waals surface area contributed by atoms with Crippen molar-refractivity contribution >= 4 is 17.7 Å². The quantitative estimate of drug-likeness (QED) is 0.616. The van der Waals surface area contributed by atoms with E-state index in [9.17, 15) is 4.79 Å². The minimum atomic E-state index is 0.132. The van der Waals surface area contributed by atoms with Gasteiger partial charge in [0.2, 0.25) is 5.91 Å². The van der Waals surface area contributed by atoms with Crippen LogP contribution in [0, 0.1) is 0 Å². The molecule has 0 atom stereocenters. The Morgan fingerprint density at radius 3 is 2.58 bits per heavy atom. The molecule has 1 N–H and O–H groups in total. The molecule has 0 rings (SSSR count). The van der Waals surface area contributed by atoms with Crippen LogP contribution in [0.2, 0.25) is 0 Å². The van der Waals surface area contributed by atoms with E-state index in [0.29, 0.717) is 6.42 Å². The van der Waals surface area contributed by atoms with Crippen LogP contribution < -0.4 is 5.32 Å². The van der Waals surface area contributed by atoms with Crippen LogP contribution in [-0.2, 0) is 4.79 Å².